The third-order valence-corrected chi connectivity index (χ3v) is 3.31. The molecule has 0 aliphatic carbocycles. The Kier molecular flexibility index (Phi) is 5.64. The molecule has 2 N–H and O–H groups in total. The highest BCUT2D eigenvalue weighted by atomic mass is 16.6. The van der Waals surface area contributed by atoms with E-state index in [1.165, 1.54) is 6.07 Å². The molecule has 0 spiro atoms. The van der Waals surface area contributed by atoms with Gasteiger partial charge in [0.2, 0.25) is 5.91 Å². The van der Waals surface area contributed by atoms with Gasteiger partial charge in [0.1, 0.15) is 5.69 Å². The van der Waals surface area contributed by atoms with Crippen LogP contribution in [0, 0.1) is 24.0 Å². The standard InChI is InChI=1S/C14H21N3O3/c1-5-11(4)15-8-14(18)16-12-6-9(2)10(3)7-13(12)17(19)20/h6-7,11,15H,5,8H2,1-4H3,(H,16,18). The Labute approximate surface area is 118 Å². The van der Waals surface area contributed by atoms with Crippen LogP contribution >= 0.6 is 0 Å². The van der Waals surface area contributed by atoms with Gasteiger partial charge >= 0.3 is 0 Å². The Morgan fingerprint density at radius 2 is 1.95 bits per heavy atom. The molecule has 0 aliphatic rings. The highest BCUT2D eigenvalue weighted by Gasteiger charge is 2.17. The van der Waals surface area contributed by atoms with Crippen LogP contribution in [0.15, 0.2) is 12.1 Å². The van der Waals surface area contributed by atoms with Gasteiger partial charge in [-0.25, -0.2) is 0 Å². The summed E-state index contributed by atoms with van der Waals surface area (Å²) in [5, 5.41) is 16.7. The van der Waals surface area contributed by atoms with Crippen molar-refractivity contribution in [3.63, 3.8) is 0 Å². The molecule has 0 heterocycles. The SMILES string of the molecule is CCC(C)NCC(=O)Nc1cc(C)c(C)cc1[N+](=O)[O-]. The van der Waals surface area contributed by atoms with Crippen molar-refractivity contribution in [2.24, 2.45) is 0 Å². The largest absolute Gasteiger partial charge is 0.319 e. The number of hydrogen-bond acceptors (Lipinski definition) is 4. The molecule has 0 saturated heterocycles. The van der Waals surface area contributed by atoms with Crippen LogP contribution < -0.4 is 10.6 Å². The van der Waals surface area contributed by atoms with Gasteiger partial charge in [-0.15, -0.1) is 0 Å². The predicted octanol–water partition coefficient (Wildman–Crippen LogP) is 2.54. The Bertz CT molecular complexity index is 515. The van der Waals surface area contributed by atoms with Crippen molar-refractivity contribution in [2.45, 2.75) is 40.2 Å². The van der Waals surface area contributed by atoms with E-state index in [0.29, 0.717) is 0 Å². The number of rotatable bonds is 6. The lowest BCUT2D eigenvalue weighted by molar-refractivity contribution is -0.384. The summed E-state index contributed by atoms with van der Waals surface area (Å²) in [5.74, 6) is -0.281. The number of carbonyl (C=O) groups excluding carboxylic acids is 1. The van der Waals surface area contributed by atoms with Crippen molar-refractivity contribution in [1.29, 1.82) is 0 Å². The molecule has 1 aromatic carbocycles. The van der Waals surface area contributed by atoms with E-state index in [0.717, 1.165) is 17.5 Å². The van der Waals surface area contributed by atoms with Gasteiger partial charge in [0, 0.05) is 12.1 Å². The van der Waals surface area contributed by atoms with E-state index in [1.54, 1.807) is 13.0 Å². The second-order valence-corrected chi connectivity index (χ2v) is 4.95. The van der Waals surface area contributed by atoms with E-state index in [2.05, 4.69) is 10.6 Å². The van der Waals surface area contributed by atoms with Crippen LogP contribution in [-0.4, -0.2) is 23.4 Å². The normalized spacial score (nSPS) is 12.0. The molecule has 20 heavy (non-hydrogen) atoms. The quantitative estimate of drug-likeness (QED) is 0.619. The van der Waals surface area contributed by atoms with Crippen molar-refractivity contribution < 1.29 is 9.72 Å². The zero-order valence-electron chi connectivity index (χ0n) is 12.3. The minimum Gasteiger partial charge on any atom is -0.319 e. The average Bonchev–Trinajstić information content (AvgIpc) is 2.39. The molecular weight excluding hydrogens is 258 g/mol. The topological polar surface area (TPSA) is 84.3 Å². The van der Waals surface area contributed by atoms with Gasteiger partial charge < -0.3 is 10.6 Å². The molecule has 1 rings (SSSR count). The summed E-state index contributed by atoms with van der Waals surface area (Å²) in [4.78, 5) is 22.3. The smallest absolute Gasteiger partial charge is 0.293 e. The lowest BCUT2D eigenvalue weighted by atomic mass is 10.1. The Hall–Kier alpha value is -1.95. The molecule has 0 aliphatic heterocycles. The first-order valence-electron chi connectivity index (χ1n) is 6.64. The van der Waals surface area contributed by atoms with E-state index >= 15 is 0 Å². The van der Waals surface area contributed by atoms with Gasteiger partial charge in [-0.3, -0.25) is 14.9 Å². The highest BCUT2D eigenvalue weighted by Crippen LogP contribution is 2.27. The number of nitro groups is 1. The summed E-state index contributed by atoms with van der Waals surface area (Å²) in [6.45, 7) is 7.79. The van der Waals surface area contributed by atoms with Gasteiger partial charge in [-0.2, -0.15) is 0 Å². The van der Waals surface area contributed by atoms with Crippen molar-refractivity contribution >= 4 is 17.3 Å². The van der Waals surface area contributed by atoms with Crippen LogP contribution in [0.25, 0.3) is 0 Å². The second kappa shape index (κ2) is 7.00. The van der Waals surface area contributed by atoms with Crippen LogP contribution in [0.4, 0.5) is 11.4 Å². The Morgan fingerprint density at radius 1 is 1.35 bits per heavy atom. The lowest BCUT2D eigenvalue weighted by Gasteiger charge is -2.12. The first kappa shape index (κ1) is 16.1. The molecule has 0 fully saturated rings. The van der Waals surface area contributed by atoms with Gasteiger partial charge in [-0.05, 0) is 44.4 Å². The highest BCUT2D eigenvalue weighted by molar-refractivity contribution is 5.94. The van der Waals surface area contributed by atoms with Gasteiger partial charge in [0.15, 0.2) is 0 Å². The Balaban J connectivity index is 2.83. The van der Waals surface area contributed by atoms with E-state index in [9.17, 15) is 14.9 Å². The molecule has 0 aromatic heterocycles. The van der Waals surface area contributed by atoms with Crippen LogP contribution in [-0.2, 0) is 4.79 Å². The average molecular weight is 279 g/mol. The first-order valence-corrected chi connectivity index (χ1v) is 6.64. The fourth-order valence-electron chi connectivity index (χ4n) is 1.66. The molecule has 1 amide bonds. The fourth-order valence-corrected chi connectivity index (χ4v) is 1.66. The van der Waals surface area contributed by atoms with E-state index in [-0.39, 0.29) is 29.9 Å². The van der Waals surface area contributed by atoms with Crippen molar-refractivity contribution in [3.05, 3.63) is 33.4 Å². The second-order valence-electron chi connectivity index (χ2n) is 4.95. The lowest BCUT2D eigenvalue weighted by Crippen LogP contribution is -2.34. The zero-order chi connectivity index (χ0) is 15.3. The molecule has 1 unspecified atom stereocenters. The molecule has 0 radical (unpaired) electrons. The molecule has 1 atom stereocenters. The predicted molar refractivity (Wildman–Crippen MR) is 79.0 cm³/mol. The van der Waals surface area contributed by atoms with Crippen LogP contribution in [0.5, 0.6) is 0 Å². The summed E-state index contributed by atoms with van der Waals surface area (Å²) in [7, 11) is 0. The van der Waals surface area contributed by atoms with E-state index in [1.807, 2.05) is 20.8 Å². The van der Waals surface area contributed by atoms with Crippen molar-refractivity contribution in [2.75, 3.05) is 11.9 Å². The van der Waals surface area contributed by atoms with Crippen molar-refractivity contribution in [3.8, 4) is 0 Å². The number of aryl methyl sites for hydroxylation is 2. The number of nitrogens with zero attached hydrogens (tertiary/aromatic N) is 1. The summed E-state index contributed by atoms with van der Waals surface area (Å²) in [6.07, 6.45) is 0.914. The van der Waals surface area contributed by atoms with E-state index < -0.39 is 4.92 Å². The minimum atomic E-state index is -0.482. The molecule has 1 aromatic rings. The van der Waals surface area contributed by atoms with Gasteiger partial charge in [0.05, 0.1) is 11.5 Å². The third-order valence-electron chi connectivity index (χ3n) is 3.31. The minimum absolute atomic E-state index is 0.0787. The maximum atomic E-state index is 11.8. The van der Waals surface area contributed by atoms with Crippen LogP contribution in [0.2, 0.25) is 0 Å². The fraction of sp³-hybridized carbons (Fsp3) is 0.500. The number of benzene rings is 1. The third kappa shape index (κ3) is 4.31. The summed E-state index contributed by atoms with van der Waals surface area (Å²) >= 11 is 0. The van der Waals surface area contributed by atoms with Crippen molar-refractivity contribution in [1.82, 2.24) is 5.32 Å². The number of hydrogen-bond donors (Lipinski definition) is 2. The maximum absolute atomic E-state index is 11.8. The number of nitrogens with one attached hydrogen (secondary N) is 2. The summed E-state index contributed by atoms with van der Waals surface area (Å²) in [6, 6.07) is 3.34. The monoisotopic (exact) mass is 279 g/mol. The van der Waals surface area contributed by atoms with Gasteiger partial charge in [0.25, 0.3) is 5.69 Å². The maximum Gasteiger partial charge on any atom is 0.293 e. The first-order chi connectivity index (χ1) is 9.35. The number of anilines is 1. The van der Waals surface area contributed by atoms with Crippen LogP contribution in [0.3, 0.4) is 0 Å². The zero-order valence-corrected chi connectivity index (χ0v) is 12.3. The molecule has 0 bridgehead atoms. The number of carbonyl (C=O) groups is 1. The summed E-state index contributed by atoms with van der Waals surface area (Å²) < 4.78 is 0. The van der Waals surface area contributed by atoms with E-state index in [4.69, 9.17) is 0 Å². The Morgan fingerprint density at radius 3 is 2.50 bits per heavy atom. The summed E-state index contributed by atoms with van der Waals surface area (Å²) in [5.41, 5.74) is 1.90. The molecular formula is C14H21N3O3. The molecule has 110 valence electrons. The molecule has 6 nitrogen and oxygen atoms in total. The molecule has 0 saturated carbocycles. The molecule has 6 heteroatoms. The number of amides is 1. The van der Waals surface area contributed by atoms with Gasteiger partial charge in [-0.1, -0.05) is 6.92 Å². The number of nitro benzene ring substituents is 1. The van der Waals surface area contributed by atoms with Crippen LogP contribution in [0.1, 0.15) is 31.4 Å².